The second-order valence-corrected chi connectivity index (χ2v) is 10.2. The average molecular weight is 445 g/mol. The van der Waals surface area contributed by atoms with Gasteiger partial charge in [0.15, 0.2) is 0 Å². The van der Waals surface area contributed by atoms with Crippen LogP contribution in [0.5, 0.6) is 5.75 Å². The van der Waals surface area contributed by atoms with E-state index in [9.17, 15) is 4.79 Å². The molecule has 5 nitrogen and oxygen atoms in total. The molecule has 0 fully saturated rings. The number of benzene rings is 2. The van der Waals surface area contributed by atoms with Crippen LogP contribution in [0.3, 0.4) is 0 Å². The van der Waals surface area contributed by atoms with Gasteiger partial charge in [0.2, 0.25) is 0 Å². The highest BCUT2D eigenvalue weighted by atomic mass is 16.6. The number of anilines is 1. The number of carbonyl (C=O) groups is 1. The normalized spacial score (nSPS) is 14.8. The molecule has 0 N–H and O–H groups in total. The van der Waals surface area contributed by atoms with Crippen LogP contribution < -0.4 is 9.64 Å². The van der Waals surface area contributed by atoms with Crippen molar-refractivity contribution in [1.82, 2.24) is 4.98 Å². The number of esters is 1. The van der Waals surface area contributed by atoms with E-state index in [-0.39, 0.29) is 5.97 Å². The molecule has 1 aromatic heterocycles. The Morgan fingerprint density at radius 3 is 2.82 bits per heavy atom. The maximum Gasteiger partial charge on any atom is 0.306 e. The Kier molecular flexibility index (Phi) is 5.51. The summed E-state index contributed by atoms with van der Waals surface area (Å²) in [5.74, 6) is 0.776. The van der Waals surface area contributed by atoms with Crippen LogP contribution in [0.15, 0.2) is 36.4 Å². The maximum absolute atomic E-state index is 12.1. The van der Waals surface area contributed by atoms with Gasteiger partial charge in [-0.15, -0.1) is 0 Å². The monoisotopic (exact) mass is 444 g/mol. The molecule has 0 saturated carbocycles. The van der Waals surface area contributed by atoms with Gasteiger partial charge in [0.1, 0.15) is 18.0 Å². The van der Waals surface area contributed by atoms with Gasteiger partial charge in [0.05, 0.1) is 11.2 Å². The van der Waals surface area contributed by atoms with Crippen molar-refractivity contribution in [1.29, 1.82) is 0 Å². The van der Waals surface area contributed by atoms with Crippen molar-refractivity contribution < 1.29 is 14.3 Å². The van der Waals surface area contributed by atoms with Crippen LogP contribution >= 0.6 is 0 Å². The first kappa shape index (κ1) is 21.7. The fourth-order valence-corrected chi connectivity index (χ4v) is 4.87. The number of rotatable bonds is 4. The number of pyridine rings is 1. The second kappa shape index (κ2) is 8.36. The van der Waals surface area contributed by atoms with Crippen molar-refractivity contribution in [3.05, 3.63) is 53.1 Å². The standard InChI is InChI=1S/C28H32N2O3/c1-18-9-10-23-20(13-18)14-21-17-32-25-16-24-19(15-22(25)27(21)29-23)7-5-11-30(24)12-6-8-26(31)33-28(2,3)4/h9-10,13-16H,5-8,11-12,17H2,1-4H3. The summed E-state index contributed by atoms with van der Waals surface area (Å²) in [7, 11) is 0. The van der Waals surface area contributed by atoms with E-state index in [1.165, 1.54) is 16.8 Å². The fraction of sp³-hybridized carbons (Fsp3) is 0.429. The van der Waals surface area contributed by atoms with Gasteiger partial charge in [-0.2, -0.15) is 0 Å². The summed E-state index contributed by atoms with van der Waals surface area (Å²) < 4.78 is 11.7. The first-order chi connectivity index (χ1) is 15.8. The number of hydrogen-bond donors (Lipinski definition) is 0. The average Bonchev–Trinajstić information content (AvgIpc) is 2.75. The molecule has 2 aromatic carbocycles. The van der Waals surface area contributed by atoms with Gasteiger partial charge >= 0.3 is 5.97 Å². The number of aromatic nitrogens is 1. The minimum Gasteiger partial charge on any atom is -0.488 e. The Bertz CT molecular complexity index is 1230. The lowest BCUT2D eigenvalue weighted by molar-refractivity contribution is -0.154. The highest BCUT2D eigenvalue weighted by Crippen LogP contribution is 2.43. The third-order valence-corrected chi connectivity index (χ3v) is 6.31. The lowest BCUT2D eigenvalue weighted by Crippen LogP contribution is -2.31. The molecule has 5 heteroatoms. The molecule has 33 heavy (non-hydrogen) atoms. The number of nitrogens with zero attached hydrogens (tertiary/aromatic N) is 2. The van der Waals surface area contributed by atoms with E-state index in [1.807, 2.05) is 20.8 Å². The molecule has 172 valence electrons. The Balaban J connectivity index is 1.39. The van der Waals surface area contributed by atoms with Gasteiger partial charge < -0.3 is 14.4 Å². The van der Waals surface area contributed by atoms with Gasteiger partial charge in [-0.1, -0.05) is 11.6 Å². The van der Waals surface area contributed by atoms with E-state index in [2.05, 4.69) is 48.2 Å². The van der Waals surface area contributed by atoms with E-state index in [0.717, 1.165) is 65.8 Å². The molecular formula is C28H32N2O3. The first-order valence-corrected chi connectivity index (χ1v) is 11.9. The van der Waals surface area contributed by atoms with E-state index in [0.29, 0.717) is 13.0 Å². The molecule has 5 rings (SSSR count). The summed E-state index contributed by atoms with van der Waals surface area (Å²) in [5.41, 5.74) is 7.66. The van der Waals surface area contributed by atoms with Gasteiger partial charge in [-0.25, -0.2) is 4.98 Å². The highest BCUT2D eigenvalue weighted by Gasteiger charge is 2.25. The zero-order valence-corrected chi connectivity index (χ0v) is 20.0. The maximum atomic E-state index is 12.1. The number of fused-ring (bicyclic) bond motifs is 5. The molecule has 0 atom stereocenters. The highest BCUT2D eigenvalue weighted by molar-refractivity contribution is 5.86. The number of aryl methyl sites for hydroxylation is 2. The van der Waals surface area contributed by atoms with Crippen LogP contribution in [-0.2, 0) is 22.6 Å². The van der Waals surface area contributed by atoms with Gasteiger partial charge in [-0.3, -0.25) is 4.79 Å². The Morgan fingerprint density at radius 2 is 2.00 bits per heavy atom. The number of hydrogen-bond acceptors (Lipinski definition) is 5. The van der Waals surface area contributed by atoms with Gasteiger partial charge in [0.25, 0.3) is 0 Å². The first-order valence-electron chi connectivity index (χ1n) is 11.9. The Morgan fingerprint density at radius 1 is 1.15 bits per heavy atom. The lowest BCUT2D eigenvalue weighted by atomic mass is 9.93. The van der Waals surface area contributed by atoms with Crippen molar-refractivity contribution in [2.75, 3.05) is 18.0 Å². The number of ether oxygens (including phenoxy) is 2. The van der Waals surface area contributed by atoms with Crippen molar-refractivity contribution >= 4 is 22.6 Å². The lowest BCUT2D eigenvalue weighted by Gasteiger charge is -2.33. The van der Waals surface area contributed by atoms with Gasteiger partial charge in [0, 0.05) is 47.8 Å². The molecule has 0 saturated heterocycles. The molecule has 2 aliphatic heterocycles. The van der Waals surface area contributed by atoms with Crippen molar-refractivity contribution in [2.24, 2.45) is 0 Å². The molecule has 0 bridgehead atoms. The fourth-order valence-electron chi connectivity index (χ4n) is 4.87. The zero-order valence-electron chi connectivity index (χ0n) is 20.0. The molecule has 0 spiro atoms. The zero-order chi connectivity index (χ0) is 23.2. The SMILES string of the molecule is Cc1ccc2nc3c(cc2c1)COc1cc2c(cc1-3)CCCN2CCCC(=O)OC(C)(C)C. The van der Waals surface area contributed by atoms with Crippen LogP contribution in [0.4, 0.5) is 5.69 Å². The molecule has 3 heterocycles. The summed E-state index contributed by atoms with van der Waals surface area (Å²) >= 11 is 0. The molecule has 0 radical (unpaired) electrons. The van der Waals surface area contributed by atoms with Crippen LogP contribution in [0.1, 0.15) is 56.7 Å². The third kappa shape index (κ3) is 4.54. The third-order valence-electron chi connectivity index (χ3n) is 6.31. The molecule has 2 aliphatic rings. The number of carbonyl (C=O) groups excluding carboxylic acids is 1. The van der Waals surface area contributed by atoms with Crippen LogP contribution in [0.2, 0.25) is 0 Å². The Labute approximate surface area is 195 Å². The summed E-state index contributed by atoms with van der Waals surface area (Å²) in [6.07, 6.45) is 3.38. The second-order valence-electron chi connectivity index (χ2n) is 10.2. The topological polar surface area (TPSA) is 51.7 Å². The predicted molar refractivity (Wildman–Crippen MR) is 132 cm³/mol. The summed E-state index contributed by atoms with van der Waals surface area (Å²) in [4.78, 5) is 19.5. The molecule has 0 unspecified atom stereocenters. The predicted octanol–water partition coefficient (Wildman–Crippen LogP) is 5.98. The summed E-state index contributed by atoms with van der Waals surface area (Å²) in [6.45, 7) is 10.2. The van der Waals surface area contributed by atoms with E-state index in [1.54, 1.807) is 0 Å². The summed E-state index contributed by atoms with van der Waals surface area (Å²) in [5, 5.41) is 1.16. The smallest absolute Gasteiger partial charge is 0.306 e. The van der Waals surface area contributed by atoms with Crippen LogP contribution in [0, 0.1) is 6.92 Å². The van der Waals surface area contributed by atoms with E-state index < -0.39 is 5.60 Å². The van der Waals surface area contributed by atoms with Crippen molar-refractivity contribution in [2.45, 2.75) is 65.6 Å². The van der Waals surface area contributed by atoms with Crippen molar-refractivity contribution in [3.63, 3.8) is 0 Å². The molecule has 3 aromatic rings. The largest absolute Gasteiger partial charge is 0.488 e. The van der Waals surface area contributed by atoms with E-state index in [4.69, 9.17) is 14.5 Å². The van der Waals surface area contributed by atoms with Crippen LogP contribution in [-0.4, -0.2) is 29.6 Å². The quantitative estimate of drug-likeness (QED) is 0.464. The molecular weight excluding hydrogens is 412 g/mol. The van der Waals surface area contributed by atoms with E-state index >= 15 is 0 Å². The molecule has 0 aliphatic carbocycles. The van der Waals surface area contributed by atoms with Crippen LogP contribution in [0.25, 0.3) is 22.2 Å². The minimum atomic E-state index is -0.431. The molecule has 0 amide bonds. The minimum absolute atomic E-state index is 0.126. The van der Waals surface area contributed by atoms with Gasteiger partial charge in [-0.05, 0) is 76.8 Å². The summed E-state index contributed by atoms with van der Waals surface area (Å²) in [6, 6.07) is 13.1. The Hall–Kier alpha value is -3.08. The van der Waals surface area contributed by atoms with Crippen molar-refractivity contribution in [3.8, 4) is 17.0 Å².